The summed E-state index contributed by atoms with van der Waals surface area (Å²) in [5.74, 6) is -0.134. The van der Waals surface area contributed by atoms with Gasteiger partial charge in [-0.1, -0.05) is 11.6 Å². The Kier molecular flexibility index (Phi) is 3.46. The molecule has 3 aromatic rings. The number of fused-ring (bicyclic) bond motifs is 1. The van der Waals surface area contributed by atoms with Crippen molar-refractivity contribution in [1.82, 2.24) is 23.9 Å². The number of halogens is 1. The van der Waals surface area contributed by atoms with Crippen LogP contribution in [0.5, 0.6) is 0 Å². The molecule has 132 valence electrons. The molecule has 0 aliphatic carbocycles. The minimum absolute atomic E-state index is 0.105. The highest BCUT2D eigenvalue weighted by Crippen LogP contribution is 2.34. The predicted octanol–water partition coefficient (Wildman–Crippen LogP) is 2.25. The molecule has 0 spiro atoms. The van der Waals surface area contributed by atoms with Crippen molar-refractivity contribution in [2.75, 3.05) is 13.1 Å². The van der Waals surface area contributed by atoms with Crippen LogP contribution >= 0.6 is 11.6 Å². The third kappa shape index (κ3) is 2.92. The van der Waals surface area contributed by atoms with Crippen molar-refractivity contribution in [1.29, 1.82) is 0 Å². The van der Waals surface area contributed by atoms with Crippen LogP contribution in [0.25, 0.3) is 5.65 Å². The molecule has 8 nitrogen and oxygen atoms in total. The molecule has 1 fully saturated rings. The van der Waals surface area contributed by atoms with Gasteiger partial charge in [0, 0.05) is 40.0 Å². The molecule has 10 heteroatoms. The first-order valence-corrected chi connectivity index (χ1v) is 9.47. The van der Waals surface area contributed by atoms with Crippen molar-refractivity contribution in [3.8, 4) is 0 Å². The highest BCUT2D eigenvalue weighted by molar-refractivity contribution is 7.89. The number of rotatable bonds is 3. The maximum Gasteiger partial charge on any atom is 0.278 e. The van der Waals surface area contributed by atoms with Gasteiger partial charge < -0.3 is 4.42 Å². The summed E-state index contributed by atoms with van der Waals surface area (Å²) in [5, 5.41) is 4.38. The fraction of sp³-hybridized carbons (Fsp3) is 0.400. The molecule has 0 saturated carbocycles. The van der Waals surface area contributed by atoms with E-state index >= 15 is 0 Å². The summed E-state index contributed by atoms with van der Waals surface area (Å²) in [7, 11) is -3.84. The lowest BCUT2D eigenvalue weighted by atomic mass is 9.91. The third-order valence-electron chi connectivity index (χ3n) is 4.38. The second-order valence-corrected chi connectivity index (χ2v) is 8.11. The van der Waals surface area contributed by atoms with E-state index in [1.165, 1.54) is 10.6 Å². The summed E-state index contributed by atoms with van der Waals surface area (Å²) in [4.78, 5) is 7.79. The van der Waals surface area contributed by atoms with Gasteiger partial charge in [0.15, 0.2) is 11.5 Å². The molecule has 4 rings (SSSR count). The topological polar surface area (TPSA) is 93.6 Å². The SMILES string of the molecule is [2H]C([2H])c1ncc(S(=O)(=O)N2CCC(c3cn4ncnc4cc3Cl)CC2)o1. The standard InChI is InChI=1S/C15H16ClN5O3S/c1-10-17-7-15(24-10)25(22,23)20-4-2-11(3-5-20)12-8-21-14(6-13(12)16)18-9-19-21/h6-9,11H,2-5H2,1H3/i1D2. The zero-order valence-corrected chi connectivity index (χ0v) is 14.6. The molecule has 0 amide bonds. The van der Waals surface area contributed by atoms with Gasteiger partial charge in [-0.15, -0.1) is 0 Å². The first kappa shape index (κ1) is 14.2. The molecule has 4 heterocycles. The average molecular weight is 384 g/mol. The lowest BCUT2D eigenvalue weighted by Crippen LogP contribution is -2.37. The van der Waals surface area contributed by atoms with E-state index in [9.17, 15) is 8.42 Å². The Morgan fingerprint density at radius 3 is 2.88 bits per heavy atom. The predicted molar refractivity (Wildman–Crippen MR) is 90.0 cm³/mol. The van der Waals surface area contributed by atoms with Crippen LogP contribution in [0.2, 0.25) is 5.02 Å². The molecule has 0 radical (unpaired) electrons. The maximum atomic E-state index is 12.7. The van der Waals surface area contributed by atoms with Crippen LogP contribution < -0.4 is 0 Å². The van der Waals surface area contributed by atoms with Gasteiger partial charge in [0.1, 0.15) is 6.33 Å². The zero-order chi connectivity index (χ0) is 19.2. The van der Waals surface area contributed by atoms with Crippen molar-refractivity contribution in [3.63, 3.8) is 0 Å². The fourth-order valence-corrected chi connectivity index (χ4v) is 4.70. The Labute approximate surface area is 152 Å². The van der Waals surface area contributed by atoms with Crippen LogP contribution in [-0.2, 0) is 10.0 Å². The van der Waals surface area contributed by atoms with Gasteiger partial charge in [0.05, 0.1) is 6.20 Å². The van der Waals surface area contributed by atoms with E-state index in [1.807, 2.05) is 6.20 Å². The van der Waals surface area contributed by atoms with E-state index in [2.05, 4.69) is 15.1 Å². The lowest BCUT2D eigenvalue weighted by molar-refractivity contribution is 0.307. The minimum atomic E-state index is -3.84. The molecule has 1 aliphatic heterocycles. The number of sulfonamides is 1. The number of pyridine rings is 1. The third-order valence-corrected chi connectivity index (χ3v) is 6.45. The molecule has 0 bridgehead atoms. The van der Waals surface area contributed by atoms with E-state index in [-0.39, 0.29) is 16.9 Å². The number of hydrogen-bond donors (Lipinski definition) is 0. The monoisotopic (exact) mass is 383 g/mol. The summed E-state index contributed by atoms with van der Waals surface area (Å²) < 4.78 is 47.9. The summed E-state index contributed by atoms with van der Waals surface area (Å²) in [6.07, 6.45) is 5.54. The molecular formula is C15H16ClN5O3S. The second kappa shape index (κ2) is 6.08. The number of nitrogens with zero attached hydrogens (tertiary/aromatic N) is 5. The highest BCUT2D eigenvalue weighted by atomic mass is 35.5. The number of oxazole rings is 1. The van der Waals surface area contributed by atoms with E-state index in [1.54, 1.807) is 10.6 Å². The van der Waals surface area contributed by atoms with Crippen LogP contribution in [0.4, 0.5) is 0 Å². The highest BCUT2D eigenvalue weighted by Gasteiger charge is 2.33. The van der Waals surface area contributed by atoms with Crippen LogP contribution in [0.3, 0.4) is 0 Å². The Morgan fingerprint density at radius 1 is 1.36 bits per heavy atom. The summed E-state index contributed by atoms with van der Waals surface area (Å²) in [5.41, 5.74) is 1.58. The van der Waals surface area contributed by atoms with Crippen molar-refractivity contribution in [2.24, 2.45) is 0 Å². The number of aromatic nitrogens is 4. The molecule has 3 aromatic heterocycles. The molecule has 25 heavy (non-hydrogen) atoms. The molecule has 1 aliphatic rings. The largest absolute Gasteiger partial charge is 0.428 e. The van der Waals surface area contributed by atoms with E-state index < -0.39 is 16.9 Å². The fourth-order valence-electron chi connectivity index (χ4n) is 3.08. The smallest absolute Gasteiger partial charge is 0.278 e. The Hall–Kier alpha value is -1.97. The van der Waals surface area contributed by atoms with Crippen molar-refractivity contribution in [3.05, 3.63) is 41.3 Å². The van der Waals surface area contributed by atoms with Gasteiger partial charge in [-0.25, -0.2) is 22.9 Å². The van der Waals surface area contributed by atoms with E-state index in [0.717, 1.165) is 11.8 Å². The average Bonchev–Trinajstić information content (AvgIpc) is 3.30. The van der Waals surface area contributed by atoms with Crippen LogP contribution in [0, 0.1) is 6.88 Å². The van der Waals surface area contributed by atoms with Crippen LogP contribution in [0.1, 0.15) is 33.0 Å². The van der Waals surface area contributed by atoms with Gasteiger partial charge >= 0.3 is 0 Å². The molecule has 0 unspecified atom stereocenters. The lowest BCUT2D eigenvalue weighted by Gasteiger charge is -2.30. The molecule has 0 N–H and O–H groups in total. The summed E-state index contributed by atoms with van der Waals surface area (Å²) in [6, 6.07) is 1.75. The zero-order valence-electron chi connectivity index (χ0n) is 15.0. The summed E-state index contributed by atoms with van der Waals surface area (Å²) >= 11 is 6.38. The van der Waals surface area contributed by atoms with E-state index in [0.29, 0.717) is 36.6 Å². The van der Waals surface area contributed by atoms with Gasteiger partial charge in [0.2, 0.25) is 0 Å². The van der Waals surface area contributed by atoms with E-state index in [4.69, 9.17) is 18.8 Å². The normalized spacial score (nSPS) is 18.6. The van der Waals surface area contributed by atoms with Gasteiger partial charge in [-0.3, -0.25) is 0 Å². The van der Waals surface area contributed by atoms with Gasteiger partial charge in [-0.05, 0) is 24.3 Å². The number of aryl methyl sites for hydroxylation is 1. The minimum Gasteiger partial charge on any atom is -0.428 e. The molecular weight excluding hydrogens is 366 g/mol. The first-order chi connectivity index (χ1) is 12.9. The van der Waals surface area contributed by atoms with Crippen molar-refractivity contribution >= 4 is 27.3 Å². The molecule has 1 saturated heterocycles. The number of hydrogen-bond acceptors (Lipinski definition) is 6. The van der Waals surface area contributed by atoms with Crippen LogP contribution in [-0.4, -0.2) is 45.4 Å². The Morgan fingerprint density at radius 2 is 2.16 bits per heavy atom. The first-order valence-electron chi connectivity index (χ1n) is 8.81. The Balaban J connectivity index is 1.51. The van der Waals surface area contributed by atoms with Crippen molar-refractivity contribution < 1.29 is 15.6 Å². The maximum absolute atomic E-state index is 12.7. The van der Waals surface area contributed by atoms with Crippen LogP contribution in [0.15, 0.2) is 34.3 Å². The van der Waals surface area contributed by atoms with Gasteiger partial charge in [-0.2, -0.15) is 9.40 Å². The number of piperidine rings is 1. The van der Waals surface area contributed by atoms with Crippen molar-refractivity contribution in [2.45, 2.75) is 30.7 Å². The van der Waals surface area contributed by atoms with Gasteiger partial charge in [0.25, 0.3) is 15.1 Å². The second-order valence-electron chi connectivity index (χ2n) is 5.84. The molecule has 0 atom stereocenters. The summed E-state index contributed by atoms with van der Waals surface area (Å²) in [6.45, 7) is -0.853. The molecule has 0 aromatic carbocycles. The Bertz CT molecular complexity index is 1080. The quantitative estimate of drug-likeness (QED) is 0.688.